The molecule has 0 aliphatic carbocycles. The lowest BCUT2D eigenvalue weighted by Gasteiger charge is -2.31. The van der Waals surface area contributed by atoms with Gasteiger partial charge in [-0.1, -0.05) is 13.0 Å². The Bertz CT molecular complexity index is 282. The minimum absolute atomic E-state index is 0.306. The summed E-state index contributed by atoms with van der Waals surface area (Å²) in [5.74, 6) is 1.56. The third-order valence-corrected chi connectivity index (χ3v) is 4.14. The van der Waals surface area contributed by atoms with E-state index in [1.165, 1.54) is 25.9 Å². The van der Waals surface area contributed by atoms with Crippen molar-refractivity contribution in [2.45, 2.75) is 26.2 Å². The van der Waals surface area contributed by atoms with Crippen LogP contribution in [0.25, 0.3) is 0 Å². The Morgan fingerprint density at radius 2 is 2.06 bits per heavy atom. The molecule has 2 rings (SSSR count). The van der Waals surface area contributed by atoms with Crippen molar-refractivity contribution < 1.29 is 4.79 Å². The monoisotopic (exact) mass is 236 g/mol. The van der Waals surface area contributed by atoms with Crippen molar-refractivity contribution >= 4 is 5.91 Å². The molecule has 0 spiro atoms. The zero-order valence-corrected chi connectivity index (χ0v) is 10.9. The van der Waals surface area contributed by atoms with Crippen LogP contribution in [0.3, 0.4) is 0 Å². The lowest BCUT2D eigenvalue weighted by atomic mass is 9.99. The van der Waals surface area contributed by atoms with Crippen LogP contribution in [0.5, 0.6) is 0 Å². The molecule has 2 heterocycles. The average Bonchev–Trinajstić information content (AvgIpc) is 2.69. The fraction of sp³-hybridized carbons (Fsp3) is 0.786. The Balaban J connectivity index is 1.71. The molecule has 0 aromatic heterocycles. The summed E-state index contributed by atoms with van der Waals surface area (Å²) in [6.45, 7) is 11.3. The summed E-state index contributed by atoms with van der Waals surface area (Å²) >= 11 is 0. The van der Waals surface area contributed by atoms with Gasteiger partial charge in [-0.2, -0.15) is 0 Å². The van der Waals surface area contributed by atoms with E-state index in [9.17, 15) is 4.79 Å². The molecular weight excluding hydrogens is 212 g/mol. The van der Waals surface area contributed by atoms with Gasteiger partial charge in [-0.15, -0.1) is 6.58 Å². The summed E-state index contributed by atoms with van der Waals surface area (Å²) in [6, 6.07) is 0. The quantitative estimate of drug-likeness (QED) is 0.694. The minimum Gasteiger partial charge on any atom is -0.341 e. The van der Waals surface area contributed by atoms with Crippen LogP contribution in [-0.2, 0) is 4.79 Å². The molecule has 1 amide bonds. The summed E-state index contributed by atoms with van der Waals surface area (Å²) in [5, 5.41) is 0. The van der Waals surface area contributed by atoms with Gasteiger partial charge in [0.05, 0.1) is 0 Å². The van der Waals surface area contributed by atoms with Crippen molar-refractivity contribution in [3.63, 3.8) is 0 Å². The van der Waals surface area contributed by atoms with E-state index in [0.717, 1.165) is 25.6 Å². The van der Waals surface area contributed by atoms with Gasteiger partial charge in [0.2, 0.25) is 5.91 Å². The third kappa shape index (κ3) is 3.32. The Hall–Kier alpha value is -0.830. The highest BCUT2D eigenvalue weighted by atomic mass is 16.2. The lowest BCUT2D eigenvalue weighted by molar-refractivity contribution is -0.127. The van der Waals surface area contributed by atoms with Crippen LogP contribution in [0.15, 0.2) is 12.7 Å². The SMILES string of the molecule is C=CC1CC(=O)N(CCN2CCC(C)CC2)C1. The molecule has 3 nitrogen and oxygen atoms in total. The molecule has 2 fully saturated rings. The molecule has 0 aromatic rings. The maximum Gasteiger partial charge on any atom is 0.223 e. The van der Waals surface area contributed by atoms with Gasteiger partial charge >= 0.3 is 0 Å². The molecule has 0 bridgehead atoms. The fourth-order valence-electron chi connectivity index (χ4n) is 2.72. The Labute approximate surface area is 104 Å². The molecule has 0 N–H and O–H groups in total. The first-order chi connectivity index (χ1) is 8.19. The summed E-state index contributed by atoms with van der Waals surface area (Å²) in [7, 11) is 0. The zero-order valence-electron chi connectivity index (χ0n) is 10.9. The van der Waals surface area contributed by atoms with Gasteiger partial charge in [0.25, 0.3) is 0 Å². The first-order valence-corrected chi connectivity index (χ1v) is 6.81. The van der Waals surface area contributed by atoms with Gasteiger partial charge in [0, 0.05) is 32.0 Å². The molecule has 2 aliphatic rings. The standard InChI is InChI=1S/C14H24N2O/c1-3-13-10-14(17)16(11-13)9-8-15-6-4-12(2)5-7-15/h3,12-13H,1,4-11H2,2H3. The maximum absolute atomic E-state index is 11.7. The van der Waals surface area contributed by atoms with E-state index in [4.69, 9.17) is 0 Å². The van der Waals surface area contributed by atoms with Crippen LogP contribution in [-0.4, -0.2) is 48.4 Å². The number of carbonyl (C=O) groups excluding carboxylic acids is 1. The number of nitrogens with zero attached hydrogens (tertiary/aromatic N) is 2. The summed E-state index contributed by atoms with van der Waals surface area (Å²) in [5.41, 5.74) is 0. The van der Waals surface area contributed by atoms with E-state index < -0.39 is 0 Å². The maximum atomic E-state index is 11.7. The van der Waals surface area contributed by atoms with Crippen LogP contribution in [0, 0.1) is 11.8 Å². The second-order valence-corrected chi connectivity index (χ2v) is 5.56. The van der Waals surface area contributed by atoms with Crippen LogP contribution < -0.4 is 0 Å². The molecule has 1 unspecified atom stereocenters. The van der Waals surface area contributed by atoms with E-state index in [1.54, 1.807) is 0 Å². The van der Waals surface area contributed by atoms with Crippen LogP contribution in [0.2, 0.25) is 0 Å². The average molecular weight is 236 g/mol. The smallest absolute Gasteiger partial charge is 0.223 e. The number of hydrogen-bond acceptors (Lipinski definition) is 2. The van der Waals surface area contributed by atoms with E-state index in [1.807, 2.05) is 11.0 Å². The van der Waals surface area contributed by atoms with Gasteiger partial charge in [0.1, 0.15) is 0 Å². The molecule has 17 heavy (non-hydrogen) atoms. The van der Waals surface area contributed by atoms with E-state index in [2.05, 4.69) is 18.4 Å². The molecule has 2 aliphatic heterocycles. The first kappa shape index (κ1) is 12.6. The van der Waals surface area contributed by atoms with E-state index >= 15 is 0 Å². The number of hydrogen-bond donors (Lipinski definition) is 0. The van der Waals surface area contributed by atoms with Crippen molar-refractivity contribution in [2.75, 3.05) is 32.7 Å². The van der Waals surface area contributed by atoms with Gasteiger partial charge in [-0.3, -0.25) is 4.79 Å². The summed E-state index contributed by atoms with van der Waals surface area (Å²) < 4.78 is 0. The Morgan fingerprint density at radius 3 is 2.65 bits per heavy atom. The molecule has 0 saturated carbocycles. The number of rotatable bonds is 4. The predicted molar refractivity (Wildman–Crippen MR) is 69.7 cm³/mol. The number of amides is 1. The van der Waals surface area contributed by atoms with Crippen LogP contribution in [0.1, 0.15) is 26.2 Å². The van der Waals surface area contributed by atoms with Gasteiger partial charge < -0.3 is 9.80 Å². The minimum atomic E-state index is 0.306. The number of carbonyl (C=O) groups is 1. The molecule has 0 aromatic carbocycles. The number of likely N-dealkylation sites (tertiary alicyclic amines) is 2. The highest BCUT2D eigenvalue weighted by Crippen LogP contribution is 2.19. The van der Waals surface area contributed by atoms with E-state index in [0.29, 0.717) is 18.2 Å². The topological polar surface area (TPSA) is 23.6 Å². The molecule has 1 atom stereocenters. The molecule has 96 valence electrons. The second-order valence-electron chi connectivity index (χ2n) is 5.56. The third-order valence-electron chi connectivity index (χ3n) is 4.14. The Morgan fingerprint density at radius 1 is 1.35 bits per heavy atom. The Kier molecular flexibility index (Phi) is 4.21. The lowest BCUT2D eigenvalue weighted by Crippen LogP contribution is -2.39. The van der Waals surface area contributed by atoms with Crippen molar-refractivity contribution in [3.05, 3.63) is 12.7 Å². The van der Waals surface area contributed by atoms with Gasteiger partial charge in [0.15, 0.2) is 0 Å². The molecule has 3 heteroatoms. The highest BCUT2D eigenvalue weighted by molar-refractivity contribution is 5.78. The molecular formula is C14H24N2O. The van der Waals surface area contributed by atoms with Crippen LogP contribution in [0.4, 0.5) is 0 Å². The molecule has 0 radical (unpaired) electrons. The van der Waals surface area contributed by atoms with Crippen molar-refractivity contribution in [3.8, 4) is 0 Å². The summed E-state index contributed by atoms with van der Waals surface area (Å²) in [4.78, 5) is 16.2. The van der Waals surface area contributed by atoms with Crippen molar-refractivity contribution in [2.24, 2.45) is 11.8 Å². The second kappa shape index (κ2) is 5.67. The summed E-state index contributed by atoms with van der Waals surface area (Å²) in [6.07, 6.45) is 5.20. The van der Waals surface area contributed by atoms with Gasteiger partial charge in [-0.25, -0.2) is 0 Å². The van der Waals surface area contributed by atoms with Gasteiger partial charge in [-0.05, 0) is 31.8 Å². The predicted octanol–water partition coefficient (Wildman–Crippen LogP) is 1.75. The fourth-order valence-corrected chi connectivity index (χ4v) is 2.72. The number of piperidine rings is 1. The normalized spacial score (nSPS) is 27.7. The molecule has 2 saturated heterocycles. The van der Waals surface area contributed by atoms with Crippen LogP contribution >= 0.6 is 0 Å². The zero-order chi connectivity index (χ0) is 12.3. The van der Waals surface area contributed by atoms with E-state index in [-0.39, 0.29) is 0 Å². The first-order valence-electron chi connectivity index (χ1n) is 6.81. The van der Waals surface area contributed by atoms with Crippen molar-refractivity contribution in [1.82, 2.24) is 9.80 Å². The highest BCUT2D eigenvalue weighted by Gasteiger charge is 2.27. The van der Waals surface area contributed by atoms with Crippen molar-refractivity contribution in [1.29, 1.82) is 0 Å². The largest absolute Gasteiger partial charge is 0.341 e.